The van der Waals surface area contributed by atoms with Gasteiger partial charge in [-0.1, -0.05) is 0 Å². The number of piperidine rings is 1. The third kappa shape index (κ3) is 4.03. The predicted octanol–water partition coefficient (Wildman–Crippen LogP) is 1.90. The van der Waals surface area contributed by atoms with Crippen LogP contribution < -0.4 is 5.32 Å². The molecule has 5 nitrogen and oxygen atoms in total. The smallest absolute Gasteiger partial charge is 0.333 e. The number of amides is 1. The summed E-state index contributed by atoms with van der Waals surface area (Å²) < 4.78 is 26.2. The number of alkyl halides is 2. The third-order valence-corrected chi connectivity index (χ3v) is 4.31. The molecule has 124 valence electrons. The van der Waals surface area contributed by atoms with E-state index < -0.39 is 6.55 Å². The van der Waals surface area contributed by atoms with Crippen molar-refractivity contribution >= 4 is 5.91 Å². The van der Waals surface area contributed by atoms with Crippen LogP contribution in [0.4, 0.5) is 8.78 Å². The monoisotopic (exact) mass is 314 g/mol. The highest BCUT2D eigenvalue weighted by Gasteiger charge is 2.21. The van der Waals surface area contributed by atoms with E-state index in [1.54, 1.807) is 13.8 Å². The lowest BCUT2D eigenvalue weighted by molar-refractivity contribution is -0.120. The average molecular weight is 314 g/mol. The number of hydrogen-bond donors (Lipinski definition) is 1. The van der Waals surface area contributed by atoms with Crippen molar-refractivity contribution in [3.63, 3.8) is 0 Å². The normalized spacial score (nSPS) is 19.6. The standard InChI is InChI=1S/C15H24F2N4O/c1-10-13(11(2)21(19-10)15(16)17)7-14(22)18-8-12-5-4-6-20(3)9-12/h12,15H,4-9H2,1-3H3,(H,18,22). The number of carbonyl (C=O) groups excluding carboxylic acids is 1. The lowest BCUT2D eigenvalue weighted by Crippen LogP contribution is -2.39. The summed E-state index contributed by atoms with van der Waals surface area (Å²) in [6, 6.07) is 0. The van der Waals surface area contributed by atoms with E-state index in [2.05, 4.69) is 22.4 Å². The predicted molar refractivity (Wildman–Crippen MR) is 79.9 cm³/mol. The van der Waals surface area contributed by atoms with Gasteiger partial charge in [-0.05, 0) is 46.2 Å². The fourth-order valence-corrected chi connectivity index (χ4v) is 3.06. The number of halogens is 2. The second-order valence-electron chi connectivity index (χ2n) is 6.12. The molecule has 0 aromatic carbocycles. The van der Waals surface area contributed by atoms with Crippen LogP contribution >= 0.6 is 0 Å². The zero-order valence-electron chi connectivity index (χ0n) is 13.4. The number of nitrogens with zero attached hydrogens (tertiary/aromatic N) is 3. The van der Waals surface area contributed by atoms with Gasteiger partial charge in [0.05, 0.1) is 12.1 Å². The van der Waals surface area contributed by atoms with E-state index in [9.17, 15) is 13.6 Å². The van der Waals surface area contributed by atoms with Crippen molar-refractivity contribution in [2.24, 2.45) is 5.92 Å². The Morgan fingerprint density at radius 1 is 1.45 bits per heavy atom. The number of aromatic nitrogens is 2. The first-order valence-electron chi connectivity index (χ1n) is 7.66. The van der Waals surface area contributed by atoms with Crippen molar-refractivity contribution in [3.8, 4) is 0 Å². The summed E-state index contributed by atoms with van der Waals surface area (Å²) in [6.45, 7) is 3.30. The summed E-state index contributed by atoms with van der Waals surface area (Å²) in [6.07, 6.45) is 2.37. The first-order chi connectivity index (χ1) is 10.4. The Bertz CT molecular complexity index is 530. The molecule has 22 heavy (non-hydrogen) atoms. The third-order valence-electron chi connectivity index (χ3n) is 4.31. The molecular formula is C15H24F2N4O. The number of likely N-dealkylation sites (tertiary alicyclic amines) is 1. The molecule has 7 heteroatoms. The minimum absolute atomic E-state index is 0.104. The van der Waals surface area contributed by atoms with Gasteiger partial charge in [0.1, 0.15) is 0 Å². The lowest BCUT2D eigenvalue weighted by atomic mass is 9.98. The van der Waals surface area contributed by atoms with Crippen LogP contribution in [0, 0.1) is 19.8 Å². The molecule has 1 aliphatic heterocycles. The van der Waals surface area contributed by atoms with Crippen LogP contribution in [0.2, 0.25) is 0 Å². The van der Waals surface area contributed by atoms with E-state index in [0.717, 1.165) is 25.9 Å². The fourth-order valence-electron chi connectivity index (χ4n) is 3.06. The number of rotatable bonds is 5. The van der Waals surface area contributed by atoms with E-state index in [-0.39, 0.29) is 12.3 Å². The molecule has 0 bridgehead atoms. The van der Waals surface area contributed by atoms with Gasteiger partial charge in [-0.15, -0.1) is 0 Å². The van der Waals surface area contributed by atoms with Crippen LogP contribution in [0.15, 0.2) is 0 Å². The number of aryl methyl sites for hydroxylation is 1. The highest BCUT2D eigenvalue weighted by Crippen LogP contribution is 2.20. The largest absolute Gasteiger partial charge is 0.355 e. The maximum absolute atomic E-state index is 12.8. The van der Waals surface area contributed by atoms with Crippen molar-refractivity contribution in [2.45, 2.75) is 39.7 Å². The van der Waals surface area contributed by atoms with Crippen molar-refractivity contribution in [1.82, 2.24) is 20.0 Å². The number of nitrogens with one attached hydrogen (secondary N) is 1. The molecule has 0 spiro atoms. The molecule has 1 aromatic heterocycles. The summed E-state index contributed by atoms with van der Waals surface area (Å²) in [5.74, 6) is 0.335. The van der Waals surface area contributed by atoms with E-state index >= 15 is 0 Å². The van der Waals surface area contributed by atoms with Crippen molar-refractivity contribution in [1.29, 1.82) is 0 Å². The molecule has 1 aliphatic rings. The summed E-state index contributed by atoms with van der Waals surface area (Å²) in [5.41, 5.74) is 1.45. The Balaban J connectivity index is 1.89. The molecule has 2 heterocycles. The van der Waals surface area contributed by atoms with Crippen LogP contribution in [0.5, 0.6) is 0 Å². The Labute approximate surface area is 129 Å². The Hall–Kier alpha value is -1.50. The van der Waals surface area contributed by atoms with E-state index in [4.69, 9.17) is 0 Å². The molecule has 1 fully saturated rings. The summed E-state index contributed by atoms with van der Waals surface area (Å²) >= 11 is 0. The topological polar surface area (TPSA) is 50.2 Å². The van der Waals surface area contributed by atoms with Crippen LogP contribution in [0.3, 0.4) is 0 Å². The molecule has 0 saturated carbocycles. The van der Waals surface area contributed by atoms with Gasteiger partial charge < -0.3 is 10.2 Å². The molecule has 1 N–H and O–H groups in total. The first kappa shape index (κ1) is 16.9. The van der Waals surface area contributed by atoms with E-state index in [0.29, 0.717) is 34.1 Å². The molecule has 1 amide bonds. The van der Waals surface area contributed by atoms with Gasteiger partial charge in [-0.25, -0.2) is 4.68 Å². The summed E-state index contributed by atoms with van der Waals surface area (Å²) in [7, 11) is 2.08. The first-order valence-corrected chi connectivity index (χ1v) is 7.66. The van der Waals surface area contributed by atoms with Crippen molar-refractivity contribution in [3.05, 3.63) is 17.0 Å². The SMILES string of the molecule is Cc1nn(C(F)F)c(C)c1CC(=O)NCC1CCCN(C)C1. The summed E-state index contributed by atoms with van der Waals surface area (Å²) in [5, 5.41) is 6.73. The van der Waals surface area contributed by atoms with Gasteiger partial charge in [0.15, 0.2) is 0 Å². The van der Waals surface area contributed by atoms with Gasteiger partial charge in [0, 0.05) is 24.3 Å². The maximum atomic E-state index is 12.8. The molecule has 1 saturated heterocycles. The quantitative estimate of drug-likeness (QED) is 0.903. The fraction of sp³-hybridized carbons (Fsp3) is 0.733. The molecule has 1 aromatic rings. The van der Waals surface area contributed by atoms with Crippen LogP contribution in [0.25, 0.3) is 0 Å². The minimum Gasteiger partial charge on any atom is -0.355 e. The number of carbonyl (C=O) groups is 1. The second kappa shape index (κ2) is 7.17. The maximum Gasteiger partial charge on any atom is 0.333 e. The zero-order valence-corrected chi connectivity index (χ0v) is 13.4. The Morgan fingerprint density at radius 2 is 2.18 bits per heavy atom. The molecule has 1 atom stereocenters. The Morgan fingerprint density at radius 3 is 2.77 bits per heavy atom. The van der Waals surface area contributed by atoms with Crippen LogP contribution in [0.1, 0.15) is 36.3 Å². The van der Waals surface area contributed by atoms with Crippen LogP contribution in [-0.2, 0) is 11.2 Å². The van der Waals surface area contributed by atoms with Gasteiger partial charge in [-0.2, -0.15) is 13.9 Å². The van der Waals surface area contributed by atoms with Gasteiger partial charge >= 0.3 is 6.55 Å². The van der Waals surface area contributed by atoms with Gasteiger partial charge in [0.2, 0.25) is 5.91 Å². The van der Waals surface area contributed by atoms with Gasteiger partial charge in [0.25, 0.3) is 0 Å². The minimum atomic E-state index is -2.67. The summed E-state index contributed by atoms with van der Waals surface area (Å²) in [4.78, 5) is 14.3. The van der Waals surface area contributed by atoms with E-state index in [1.807, 2.05) is 0 Å². The molecule has 0 aliphatic carbocycles. The van der Waals surface area contributed by atoms with Crippen molar-refractivity contribution < 1.29 is 13.6 Å². The molecule has 2 rings (SSSR count). The van der Waals surface area contributed by atoms with Crippen LogP contribution in [-0.4, -0.2) is 47.3 Å². The van der Waals surface area contributed by atoms with Gasteiger partial charge in [-0.3, -0.25) is 4.79 Å². The van der Waals surface area contributed by atoms with Crippen molar-refractivity contribution in [2.75, 3.05) is 26.7 Å². The molecule has 0 radical (unpaired) electrons. The van der Waals surface area contributed by atoms with E-state index in [1.165, 1.54) is 0 Å². The highest BCUT2D eigenvalue weighted by molar-refractivity contribution is 5.79. The second-order valence-corrected chi connectivity index (χ2v) is 6.12. The zero-order chi connectivity index (χ0) is 16.3. The average Bonchev–Trinajstić information content (AvgIpc) is 2.73. The lowest BCUT2D eigenvalue weighted by Gasteiger charge is -2.29. The molecular weight excluding hydrogens is 290 g/mol. The number of hydrogen-bond acceptors (Lipinski definition) is 3. The highest BCUT2D eigenvalue weighted by atomic mass is 19.3. The Kier molecular flexibility index (Phi) is 5.50. The molecule has 1 unspecified atom stereocenters.